The van der Waals surface area contributed by atoms with Gasteiger partial charge in [0.2, 0.25) is 0 Å². The first-order valence-corrected chi connectivity index (χ1v) is 28.4. The lowest BCUT2D eigenvalue weighted by Gasteiger charge is -2.34. The molecule has 8 nitrogen and oxygen atoms in total. The summed E-state index contributed by atoms with van der Waals surface area (Å²) in [5.74, 6) is 0. The Kier molecular flexibility index (Phi) is 11.3. The Hall–Kier alpha value is -11.0. The summed E-state index contributed by atoms with van der Waals surface area (Å²) in [4.78, 5) is 9.65. The zero-order chi connectivity index (χ0) is 56.2. The summed E-state index contributed by atoms with van der Waals surface area (Å²) in [6, 6.07) is 82.1. The summed E-state index contributed by atoms with van der Waals surface area (Å²) in [5, 5.41) is 10.4. The van der Waals surface area contributed by atoms with E-state index in [1.54, 1.807) is 0 Å². The van der Waals surface area contributed by atoms with Crippen molar-refractivity contribution in [2.75, 3.05) is 19.6 Å². The molecule has 402 valence electrons. The molecule has 0 unspecified atom stereocenters. The second-order valence-corrected chi connectivity index (χ2v) is 21.9. The maximum atomic E-state index is 6.54. The Labute approximate surface area is 484 Å². The minimum atomic E-state index is 0.802. The Morgan fingerprint density at radius 2 is 0.417 bits per heavy atom. The number of rotatable bonds is 12. The van der Waals surface area contributed by atoms with Crippen molar-refractivity contribution in [1.29, 1.82) is 0 Å². The number of para-hydroxylation sites is 8. The van der Waals surface area contributed by atoms with E-state index in [2.05, 4.69) is 229 Å². The number of furan rings is 4. The first-order chi connectivity index (χ1) is 41.4. The van der Waals surface area contributed by atoms with Gasteiger partial charge < -0.3 is 37.3 Å². The van der Waals surface area contributed by atoms with E-state index in [4.69, 9.17) is 17.7 Å². The number of fused-ring (bicyclic) bond motifs is 4. The van der Waals surface area contributed by atoms with Crippen molar-refractivity contribution >= 4 is 144 Å². The fraction of sp³-hybridized carbons (Fsp3) is 0.0526. The molecule has 0 saturated carbocycles. The van der Waals surface area contributed by atoms with Gasteiger partial charge in [-0.1, -0.05) is 146 Å². The fourth-order valence-corrected chi connectivity index (χ4v) is 13.0. The van der Waals surface area contributed by atoms with Gasteiger partial charge in [0.15, 0.2) is 0 Å². The highest BCUT2D eigenvalue weighted by Gasteiger charge is 2.33. The molecule has 84 heavy (non-hydrogen) atoms. The van der Waals surface area contributed by atoms with E-state index in [9.17, 15) is 0 Å². The highest BCUT2D eigenvalue weighted by atomic mass is 16.3. The second-order valence-electron chi connectivity index (χ2n) is 21.9. The van der Waals surface area contributed by atoms with Gasteiger partial charge >= 0.3 is 0 Å². The fourth-order valence-electron chi connectivity index (χ4n) is 13.0. The van der Waals surface area contributed by atoms with Gasteiger partial charge in [0.05, 0.1) is 45.5 Å². The van der Waals surface area contributed by atoms with Crippen LogP contribution in [0, 0.1) is 27.7 Å². The van der Waals surface area contributed by atoms with Crippen molar-refractivity contribution in [2.45, 2.75) is 27.7 Å². The van der Waals surface area contributed by atoms with Gasteiger partial charge in [-0.3, -0.25) is 0 Å². The molecule has 4 heterocycles. The van der Waals surface area contributed by atoms with E-state index < -0.39 is 0 Å². The molecule has 0 radical (unpaired) electrons. The van der Waals surface area contributed by atoms with Crippen LogP contribution in [0.25, 0.3) is 76.2 Å². The predicted octanol–water partition coefficient (Wildman–Crippen LogP) is 22.7. The van der Waals surface area contributed by atoms with Crippen molar-refractivity contribution in [3.63, 3.8) is 0 Å². The van der Waals surface area contributed by atoms with Crippen LogP contribution in [0.2, 0.25) is 0 Å². The van der Waals surface area contributed by atoms with Gasteiger partial charge in [-0.25, -0.2) is 0 Å². The number of benzene rings is 12. The van der Waals surface area contributed by atoms with E-state index >= 15 is 0 Å². The molecule has 4 aromatic heterocycles. The molecular formula is C76H54N4O4. The van der Waals surface area contributed by atoms with Crippen LogP contribution in [-0.2, 0) is 0 Å². The van der Waals surface area contributed by atoms with Crippen molar-refractivity contribution in [2.24, 2.45) is 0 Å². The van der Waals surface area contributed by atoms with Crippen LogP contribution in [0.3, 0.4) is 0 Å². The number of nitrogens with zero attached hydrogens (tertiary/aromatic N) is 4. The van der Waals surface area contributed by atoms with Gasteiger partial charge in [-0.2, -0.15) is 0 Å². The van der Waals surface area contributed by atoms with Crippen molar-refractivity contribution in [3.05, 3.63) is 278 Å². The van der Waals surface area contributed by atoms with E-state index in [1.165, 1.54) is 0 Å². The van der Waals surface area contributed by atoms with Crippen LogP contribution in [-0.4, -0.2) is 0 Å². The topological polar surface area (TPSA) is 65.5 Å². The van der Waals surface area contributed by atoms with Crippen LogP contribution in [0.15, 0.2) is 273 Å². The minimum Gasteiger partial charge on any atom is -0.462 e. The molecule has 0 bridgehead atoms. The number of aryl methyl sites for hydroxylation is 4. The van der Waals surface area contributed by atoms with Gasteiger partial charge in [0.1, 0.15) is 47.4 Å². The summed E-state index contributed by atoms with van der Waals surface area (Å²) in [7, 11) is 0. The third kappa shape index (κ3) is 7.54. The zero-order valence-electron chi connectivity index (χ0n) is 46.7. The summed E-state index contributed by atoms with van der Waals surface area (Å²) in [6.07, 6.45) is 7.66. The van der Waals surface area contributed by atoms with Crippen LogP contribution >= 0.6 is 0 Å². The molecule has 0 saturated heterocycles. The smallest absolute Gasteiger partial charge is 0.136 e. The van der Waals surface area contributed by atoms with Crippen LogP contribution in [0.5, 0.6) is 0 Å². The maximum absolute atomic E-state index is 6.54. The molecule has 8 heteroatoms. The van der Waals surface area contributed by atoms with Gasteiger partial charge in [-0.05, 0) is 135 Å². The third-order valence-electron chi connectivity index (χ3n) is 17.0. The number of hydrogen-bond acceptors (Lipinski definition) is 8. The monoisotopic (exact) mass is 1090 g/mol. The molecule has 0 atom stereocenters. The molecule has 0 aliphatic rings. The first-order valence-electron chi connectivity index (χ1n) is 28.4. The van der Waals surface area contributed by atoms with Crippen LogP contribution < -0.4 is 19.6 Å². The Morgan fingerprint density at radius 1 is 0.202 bits per heavy atom. The largest absolute Gasteiger partial charge is 0.462 e. The number of anilines is 12. The quantitative estimate of drug-likeness (QED) is 0.112. The predicted molar refractivity (Wildman–Crippen MR) is 347 cm³/mol. The Balaban J connectivity index is 1.13. The SMILES string of the molecule is Cc1ccccc1N(c1coc2ccccc12)c1cc(N(c2ccccc2C)c2coc3ccccc23)c2ccc3c(N(c4ccccc4C)c4coc5ccccc45)cc(N(c4ccccc4C)c4coc5ccccc45)c4ccc1c2c43. The number of hydrogen-bond donors (Lipinski definition) is 0. The van der Waals surface area contributed by atoms with Crippen LogP contribution in [0.1, 0.15) is 22.3 Å². The molecule has 16 rings (SSSR count). The lowest BCUT2D eigenvalue weighted by Crippen LogP contribution is -2.16. The van der Waals surface area contributed by atoms with Gasteiger partial charge in [0.25, 0.3) is 0 Å². The standard InChI is InChI=1S/C76H54N4O4/c1-47-21-5-13-29-59(47)77(67-43-81-71-33-17-9-25-51(67)71)63-41-64(78(60-30-14-6-22-48(60)2)68-44-82-72-34-18-10-26-52(68)72)56-39-40-58-66(80(62-32-16-8-24-50(62)4)70-46-84-74-36-20-12-28-54(70)74)42-65(57-38-37-55(63)75(56)76(57)58)79(61-31-15-7-23-49(61)3)69-45-83-73-35-19-11-27-53(69)73/h5-46H,1-4H3. The normalized spacial score (nSPS) is 11.8. The molecule has 0 aliphatic carbocycles. The zero-order valence-corrected chi connectivity index (χ0v) is 46.7. The Morgan fingerprint density at radius 3 is 0.655 bits per heavy atom. The first kappa shape index (κ1) is 48.9. The second kappa shape index (κ2) is 19.4. The van der Waals surface area contributed by atoms with Crippen molar-refractivity contribution in [3.8, 4) is 0 Å². The summed E-state index contributed by atoms with van der Waals surface area (Å²) in [6.45, 7) is 8.76. The highest BCUT2D eigenvalue weighted by Crippen LogP contribution is 2.57. The Bertz CT molecular complexity index is 4570. The molecule has 0 N–H and O–H groups in total. The van der Waals surface area contributed by atoms with Gasteiger partial charge in [-0.15, -0.1) is 0 Å². The van der Waals surface area contributed by atoms with Crippen molar-refractivity contribution in [1.82, 2.24) is 0 Å². The van der Waals surface area contributed by atoms with E-state index in [-0.39, 0.29) is 0 Å². The molecule has 0 fully saturated rings. The lowest BCUT2D eigenvalue weighted by molar-refractivity contribution is 0.616. The van der Waals surface area contributed by atoms with Crippen LogP contribution in [0.4, 0.5) is 68.2 Å². The molecule has 0 amide bonds. The maximum Gasteiger partial charge on any atom is 0.136 e. The van der Waals surface area contributed by atoms with Crippen molar-refractivity contribution < 1.29 is 17.7 Å². The summed E-state index contributed by atoms with van der Waals surface area (Å²) < 4.78 is 26.1. The molecule has 12 aromatic carbocycles. The average molecular weight is 1090 g/mol. The molecular weight excluding hydrogens is 1030 g/mol. The van der Waals surface area contributed by atoms with E-state index in [0.717, 1.165) is 167 Å². The summed E-state index contributed by atoms with van der Waals surface area (Å²) in [5.41, 5.74) is 19.3. The molecule has 0 spiro atoms. The lowest BCUT2D eigenvalue weighted by atomic mass is 9.88. The highest BCUT2D eigenvalue weighted by molar-refractivity contribution is 6.33. The third-order valence-corrected chi connectivity index (χ3v) is 17.0. The average Bonchev–Trinajstić information content (AvgIpc) is 1.05. The molecule has 16 aromatic rings. The molecule has 0 aliphatic heterocycles. The van der Waals surface area contributed by atoms with E-state index in [1.807, 2.05) is 73.6 Å². The van der Waals surface area contributed by atoms with Gasteiger partial charge in [0, 0.05) is 76.6 Å². The summed E-state index contributed by atoms with van der Waals surface area (Å²) >= 11 is 0. The minimum absolute atomic E-state index is 0.802. The van der Waals surface area contributed by atoms with E-state index in [0.29, 0.717) is 0 Å².